The van der Waals surface area contributed by atoms with Crippen molar-refractivity contribution < 1.29 is 8.81 Å². The molecule has 2 heterocycles. The number of hydrogen-bond donors (Lipinski definition) is 0. The van der Waals surface area contributed by atoms with E-state index in [1.165, 1.54) is 17.2 Å². The molecule has 0 spiro atoms. The molecule has 0 N–H and O–H groups in total. The maximum atomic E-state index is 14.8. The largest absolute Gasteiger partial charge is 0.419 e. The second kappa shape index (κ2) is 7.60. The van der Waals surface area contributed by atoms with E-state index in [1.54, 1.807) is 12.1 Å². The number of fused-ring (bicyclic) bond motifs is 1. The first kappa shape index (κ1) is 17.8. The first-order valence-corrected chi connectivity index (χ1v) is 9.73. The van der Waals surface area contributed by atoms with Crippen molar-refractivity contribution in [2.75, 3.05) is 6.54 Å². The minimum Gasteiger partial charge on any atom is -0.419 e. The van der Waals surface area contributed by atoms with E-state index in [1.807, 2.05) is 42.5 Å². The van der Waals surface area contributed by atoms with Gasteiger partial charge in [-0.1, -0.05) is 60.7 Å². The van der Waals surface area contributed by atoms with Gasteiger partial charge in [0.05, 0.1) is 0 Å². The van der Waals surface area contributed by atoms with Crippen LogP contribution in [0, 0.1) is 5.82 Å². The van der Waals surface area contributed by atoms with Crippen molar-refractivity contribution in [1.82, 2.24) is 15.1 Å². The molecule has 0 fully saturated rings. The van der Waals surface area contributed by atoms with Crippen molar-refractivity contribution >= 4 is 0 Å². The summed E-state index contributed by atoms with van der Waals surface area (Å²) in [5.74, 6) is 0.587. The fraction of sp³-hybridized carbons (Fsp3) is 0.167. The summed E-state index contributed by atoms with van der Waals surface area (Å²) in [7, 11) is 0. The molecule has 0 aliphatic carbocycles. The van der Waals surface area contributed by atoms with E-state index in [2.05, 4.69) is 33.3 Å². The molecule has 5 rings (SSSR count). The molecule has 0 radical (unpaired) electrons. The Kier molecular flexibility index (Phi) is 4.66. The van der Waals surface area contributed by atoms with E-state index in [9.17, 15) is 4.39 Å². The van der Waals surface area contributed by atoms with Crippen LogP contribution < -0.4 is 0 Å². The summed E-state index contributed by atoms with van der Waals surface area (Å²) in [4.78, 5) is 2.21. The van der Waals surface area contributed by atoms with Gasteiger partial charge in [0.15, 0.2) is 0 Å². The molecule has 4 aromatic rings. The number of hydrogen-bond acceptors (Lipinski definition) is 4. The van der Waals surface area contributed by atoms with E-state index in [-0.39, 0.29) is 5.82 Å². The van der Waals surface area contributed by atoms with Crippen LogP contribution in [0.2, 0.25) is 0 Å². The van der Waals surface area contributed by atoms with Gasteiger partial charge >= 0.3 is 0 Å². The van der Waals surface area contributed by atoms with Crippen molar-refractivity contribution in [2.24, 2.45) is 0 Å². The Morgan fingerprint density at radius 3 is 2.38 bits per heavy atom. The van der Waals surface area contributed by atoms with Gasteiger partial charge in [0, 0.05) is 24.2 Å². The third kappa shape index (κ3) is 3.45. The minimum absolute atomic E-state index is 0.268. The first-order valence-electron chi connectivity index (χ1n) is 9.73. The minimum atomic E-state index is -0.436. The van der Waals surface area contributed by atoms with Gasteiger partial charge in [-0.25, -0.2) is 4.39 Å². The number of benzene rings is 3. The van der Waals surface area contributed by atoms with Gasteiger partial charge in [-0.2, -0.15) is 0 Å². The summed E-state index contributed by atoms with van der Waals surface area (Å²) in [6, 6.07) is 24.4. The average Bonchev–Trinajstić information content (AvgIpc) is 3.26. The van der Waals surface area contributed by atoms with E-state index in [4.69, 9.17) is 4.42 Å². The van der Waals surface area contributed by atoms with E-state index in [0.29, 0.717) is 23.9 Å². The van der Waals surface area contributed by atoms with Gasteiger partial charge in [-0.3, -0.25) is 4.90 Å². The van der Waals surface area contributed by atoms with Crippen LogP contribution in [0.15, 0.2) is 83.3 Å². The zero-order chi connectivity index (χ0) is 19.6. The predicted molar refractivity (Wildman–Crippen MR) is 109 cm³/mol. The van der Waals surface area contributed by atoms with E-state index in [0.717, 1.165) is 18.5 Å². The van der Waals surface area contributed by atoms with Gasteiger partial charge in [0.2, 0.25) is 11.8 Å². The zero-order valence-corrected chi connectivity index (χ0v) is 15.8. The molecule has 1 aliphatic heterocycles. The second-order valence-corrected chi connectivity index (χ2v) is 7.22. The molecular formula is C24H20FN3O. The fourth-order valence-corrected chi connectivity index (χ4v) is 3.96. The fourth-order valence-electron chi connectivity index (χ4n) is 3.96. The van der Waals surface area contributed by atoms with Crippen LogP contribution >= 0.6 is 0 Å². The molecule has 1 atom stereocenters. The van der Waals surface area contributed by atoms with Crippen LogP contribution in [0.25, 0.3) is 11.5 Å². The highest BCUT2D eigenvalue weighted by Crippen LogP contribution is 2.34. The molecule has 0 bridgehead atoms. The van der Waals surface area contributed by atoms with Crippen LogP contribution in [0.3, 0.4) is 0 Å². The lowest BCUT2D eigenvalue weighted by Crippen LogP contribution is -2.35. The molecule has 1 aromatic heterocycles. The molecule has 4 nitrogen and oxygen atoms in total. The Labute approximate surface area is 168 Å². The second-order valence-electron chi connectivity index (χ2n) is 7.22. The van der Waals surface area contributed by atoms with Crippen LogP contribution in [-0.4, -0.2) is 21.6 Å². The Hall–Kier alpha value is -3.31. The molecule has 5 heteroatoms. The van der Waals surface area contributed by atoms with E-state index < -0.39 is 6.04 Å². The summed E-state index contributed by atoms with van der Waals surface area (Å²) in [6.07, 6.45) is 0.904. The lowest BCUT2D eigenvalue weighted by Gasteiger charge is -2.34. The van der Waals surface area contributed by atoms with Gasteiger partial charge in [-0.05, 0) is 35.7 Å². The summed E-state index contributed by atoms with van der Waals surface area (Å²) in [6.45, 7) is 1.50. The van der Waals surface area contributed by atoms with Gasteiger partial charge in [-0.15, -0.1) is 10.2 Å². The molecule has 0 saturated carbocycles. The van der Waals surface area contributed by atoms with Crippen LogP contribution in [0.1, 0.15) is 28.6 Å². The number of halogens is 1. The SMILES string of the molecule is Fc1ccccc1[C@@H](c1nnc(-c2ccccc2)o1)N1CCc2ccccc2C1. The molecular weight excluding hydrogens is 365 g/mol. The molecule has 0 unspecified atom stereocenters. The standard InChI is InChI=1S/C24H20FN3O/c25-21-13-7-6-12-20(21)22(28-15-14-17-8-4-5-11-19(17)16-28)24-27-26-23(29-24)18-9-2-1-3-10-18/h1-13,22H,14-16H2/t22-/m0/s1. The van der Waals surface area contributed by atoms with E-state index >= 15 is 0 Å². The summed E-state index contributed by atoms with van der Waals surface area (Å²) < 4.78 is 20.8. The topological polar surface area (TPSA) is 42.2 Å². The van der Waals surface area contributed by atoms with Crippen molar-refractivity contribution in [3.05, 3.63) is 107 Å². The smallest absolute Gasteiger partial charge is 0.247 e. The highest BCUT2D eigenvalue weighted by molar-refractivity contribution is 5.52. The highest BCUT2D eigenvalue weighted by Gasteiger charge is 2.32. The Morgan fingerprint density at radius 2 is 1.55 bits per heavy atom. The normalized spacial score (nSPS) is 15.1. The molecule has 0 amide bonds. The average molecular weight is 385 g/mol. The molecule has 1 aliphatic rings. The highest BCUT2D eigenvalue weighted by atomic mass is 19.1. The quantitative estimate of drug-likeness (QED) is 0.494. The van der Waals surface area contributed by atoms with Crippen LogP contribution in [-0.2, 0) is 13.0 Å². The Morgan fingerprint density at radius 1 is 0.828 bits per heavy atom. The first-order chi connectivity index (χ1) is 14.3. The van der Waals surface area contributed by atoms with Crippen molar-refractivity contribution in [2.45, 2.75) is 19.0 Å². The summed E-state index contributed by atoms with van der Waals surface area (Å²) in [5, 5.41) is 8.55. The van der Waals surface area contributed by atoms with Crippen molar-refractivity contribution in [3.63, 3.8) is 0 Å². The van der Waals surface area contributed by atoms with Crippen LogP contribution in [0.5, 0.6) is 0 Å². The van der Waals surface area contributed by atoms with Crippen LogP contribution in [0.4, 0.5) is 4.39 Å². The summed E-state index contributed by atoms with van der Waals surface area (Å²) in [5.41, 5.74) is 3.99. The Balaban J connectivity index is 1.56. The number of aromatic nitrogens is 2. The Bertz CT molecular complexity index is 1130. The summed E-state index contributed by atoms with van der Waals surface area (Å²) >= 11 is 0. The molecule has 3 aromatic carbocycles. The zero-order valence-electron chi connectivity index (χ0n) is 15.8. The third-order valence-electron chi connectivity index (χ3n) is 5.42. The maximum Gasteiger partial charge on any atom is 0.247 e. The van der Waals surface area contributed by atoms with Crippen molar-refractivity contribution in [1.29, 1.82) is 0 Å². The van der Waals surface area contributed by atoms with Gasteiger partial charge in [0.25, 0.3) is 0 Å². The lowest BCUT2D eigenvalue weighted by atomic mass is 9.96. The predicted octanol–water partition coefficient (Wildman–Crippen LogP) is 5.02. The molecule has 29 heavy (non-hydrogen) atoms. The monoisotopic (exact) mass is 385 g/mol. The van der Waals surface area contributed by atoms with Crippen molar-refractivity contribution in [3.8, 4) is 11.5 Å². The number of rotatable bonds is 4. The molecule has 144 valence electrons. The third-order valence-corrected chi connectivity index (χ3v) is 5.42. The lowest BCUT2D eigenvalue weighted by molar-refractivity contribution is 0.178. The maximum absolute atomic E-state index is 14.8. The number of nitrogens with zero attached hydrogens (tertiary/aromatic N) is 3. The molecule has 0 saturated heterocycles. The van der Waals surface area contributed by atoms with Gasteiger partial charge in [0.1, 0.15) is 11.9 Å². The van der Waals surface area contributed by atoms with Gasteiger partial charge < -0.3 is 4.42 Å².